The van der Waals surface area contributed by atoms with Crippen LogP contribution in [-0.4, -0.2) is 19.9 Å². The molecule has 0 N–H and O–H groups in total. The van der Waals surface area contributed by atoms with Crippen LogP contribution in [0, 0.1) is 194 Å². The molecule has 0 saturated heterocycles. The number of aryl methyl sites for hydroxylation is 17. The van der Waals surface area contributed by atoms with E-state index in [2.05, 4.69) is 199 Å². The molecule has 4 aromatic carbocycles. The fraction of sp³-hybridized carbons (Fsp3) is 0.438. The van der Waals surface area contributed by atoms with Crippen LogP contribution in [0.4, 0.5) is 0 Å². The first-order chi connectivity index (χ1) is 31.4. The zero-order chi connectivity index (χ0) is 51.6. The number of hydrogen-bond donors (Lipinski definition) is 0. The van der Waals surface area contributed by atoms with E-state index in [9.17, 15) is 0 Å². The first kappa shape index (κ1) is 53.5. The molecule has 360 valence electrons. The van der Waals surface area contributed by atoms with Gasteiger partial charge in [0.1, 0.15) is 0 Å². The molecule has 0 atom stereocenters. The fourth-order valence-electron chi connectivity index (χ4n) is 10.6. The number of hydrogen-bond acceptors (Lipinski definition) is 4. The summed E-state index contributed by atoms with van der Waals surface area (Å²) in [5.41, 5.74) is 40.9. The van der Waals surface area contributed by atoms with Gasteiger partial charge in [-0.25, -0.2) is 0 Å². The molecule has 0 amide bonds. The average Bonchev–Trinajstić information content (AvgIpc) is 3.30. The lowest BCUT2D eigenvalue weighted by Gasteiger charge is -2.18. The molecule has 4 heteroatoms. The maximum Gasteiger partial charge on any atom is 0.0742 e. The molecular formula is C64H84N4. The molecule has 8 rings (SSSR count). The van der Waals surface area contributed by atoms with E-state index in [-0.39, 0.29) is 0 Å². The number of aromatic nitrogens is 4. The number of rotatable bonds is 0. The number of fused-ring (bicyclic) bond motifs is 4. The Hall–Kier alpha value is -5.48. The topological polar surface area (TPSA) is 51.6 Å². The summed E-state index contributed by atoms with van der Waals surface area (Å²) in [6.45, 7) is 61.2. The molecule has 0 saturated carbocycles. The van der Waals surface area contributed by atoms with Crippen molar-refractivity contribution in [2.45, 2.75) is 194 Å². The van der Waals surface area contributed by atoms with Crippen LogP contribution in [0.3, 0.4) is 0 Å². The van der Waals surface area contributed by atoms with Gasteiger partial charge in [-0.05, 0) is 327 Å². The molecule has 0 unspecified atom stereocenters. The zero-order valence-electron chi connectivity index (χ0n) is 47.8. The summed E-state index contributed by atoms with van der Waals surface area (Å²) in [5, 5.41) is 6.83. The van der Waals surface area contributed by atoms with Gasteiger partial charge in [0.25, 0.3) is 0 Å². The zero-order valence-corrected chi connectivity index (χ0v) is 47.8. The first-order valence-corrected chi connectivity index (χ1v) is 24.8. The van der Waals surface area contributed by atoms with Gasteiger partial charge in [-0.3, -0.25) is 19.9 Å². The molecule has 0 bridgehead atoms. The smallest absolute Gasteiger partial charge is 0.0742 e. The Morgan fingerprint density at radius 3 is 0.588 bits per heavy atom. The van der Waals surface area contributed by atoms with Gasteiger partial charge in [-0.2, -0.15) is 0 Å². The van der Waals surface area contributed by atoms with Crippen molar-refractivity contribution in [3.8, 4) is 0 Å². The van der Waals surface area contributed by atoms with Gasteiger partial charge in [0.15, 0.2) is 0 Å². The Kier molecular flexibility index (Phi) is 15.6. The van der Waals surface area contributed by atoms with E-state index < -0.39 is 0 Å². The summed E-state index contributed by atoms with van der Waals surface area (Å²) in [7, 11) is 0. The van der Waals surface area contributed by atoms with Gasteiger partial charge in [0.2, 0.25) is 0 Å². The van der Waals surface area contributed by atoms with Crippen LogP contribution < -0.4 is 0 Å². The van der Waals surface area contributed by atoms with Crippen molar-refractivity contribution in [2.75, 3.05) is 0 Å². The Bertz CT molecular complexity index is 3070. The quantitative estimate of drug-likeness (QED) is 0.152. The maximum atomic E-state index is 4.80. The highest BCUT2D eigenvalue weighted by molar-refractivity contribution is 5.96. The van der Waals surface area contributed by atoms with E-state index in [1.807, 2.05) is 0 Å². The van der Waals surface area contributed by atoms with Crippen molar-refractivity contribution < 1.29 is 0 Å². The lowest BCUT2D eigenvalue weighted by Crippen LogP contribution is -2.01. The summed E-state index contributed by atoms with van der Waals surface area (Å²) in [4.78, 5) is 19.1. The van der Waals surface area contributed by atoms with Crippen molar-refractivity contribution in [1.82, 2.24) is 19.9 Å². The van der Waals surface area contributed by atoms with Gasteiger partial charge < -0.3 is 0 Å². The molecular weight excluding hydrogens is 825 g/mol. The Balaban J connectivity index is 0.000000169. The van der Waals surface area contributed by atoms with E-state index in [4.69, 9.17) is 15.0 Å². The molecule has 0 aliphatic rings. The normalized spacial score (nSPS) is 11.2. The Morgan fingerprint density at radius 2 is 0.324 bits per heavy atom. The van der Waals surface area contributed by atoms with Gasteiger partial charge in [0, 0.05) is 50.0 Å². The summed E-state index contributed by atoms with van der Waals surface area (Å²) in [5.74, 6) is 0. The molecule has 4 aromatic heterocycles. The van der Waals surface area contributed by atoms with Crippen LogP contribution >= 0.6 is 0 Å². The highest BCUT2D eigenvalue weighted by Gasteiger charge is 2.18. The van der Waals surface area contributed by atoms with Crippen molar-refractivity contribution in [2.24, 2.45) is 0 Å². The van der Waals surface area contributed by atoms with E-state index in [1.165, 1.54) is 171 Å². The third-order valence-corrected chi connectivity index (χ3v) is 17.5. The Morgan fingerprint density at radius 1 is 0.132 bits per heavy atom. The number of benzene rings is 4. The predicted molar refractivity (Wildman–Crippen MR) is 300 cm³/mol. The van der Waals surface area contributed by atoms with Crippen LogP contribution in [0.15, 0.2) is 0 Å². The second kappa shape index (κ2) is 19.9. The first-order valence-electron chi connectivity index (χ1n) is 24.8. The summed E-state index contributed by atoms with van der Waals surface area (Å²) >= 11 is 0. The van der Waals surface area contributed by atoms with E-state index in [1.54, 1.807) is 0 Å². The summed E-state index contributed by atoms with van der Waals surface area (Å²) in [6, 6.07) is 0. The third kappa shape index (κ3) is 8.98. The SMILES string of the molecule is Cc1nc(C)c2c(C)c(C)c(C)c(C)c2c1C.Cc1nc2c(C)c(C)c(C)c(C)c2c(C)c1C.Cc1nc2c(C)c(C)c(C)c(C)c2c(C)c1C.Cc1nc2c(C)c(C)c(C)c(C)c2c(C)c1C. The standard InChI is InChI=1S/4C16H21N/c3*1-8-9(2)13(6)16-15(11(8)4)12(5)10(3)14(7)17-16;1-8-9(2)11(4)16-14(7)17-13(6)12(5)15(16)10(8)3/h4*1-7H3. The molecule has 0 aliphatic heterocycles. The van der Waals surface area contributed by atoms with E-state index >= 15 is 0 Å². The second-order valence-corrected chi connectivity index (χ2v) is 20.7. The Labute approximate surface area is 411 Å². The molecule has 0 aliphatic carbocycles. The molecule has 0 fully saturated rings. The van der Waals surface area contributed by atoms with Gasteiger partial charge in [0.05, 0.1) is 16.6 Å². The molecule has 0 radical (unpaired) electrons. The van der Waals surface area contributed by atoms with Crippen molar-refractivity contribution in [1.29, 1.82) is 0 Å². The monoisotopic (exact) mass is 909 g/mol. The minimum absolute atomic E-state index is 1.15. The van der Waals surface area contributed by atoms with Crippen LogP contribution in [-0.2, 0) is 0 Å². The highest BCUT2D eigenvalue weighted by Crippen LogP contribution is 2.36. The summed E-state index contributed by atoms with van der Waals surface area (Å²) in [6.07, 6.45) is 0. The minimum Gasteiger partial charge on any atom is -0.258 e. The van der Waals surface area contributed by atoms with Gasteiger partial charge in [-0.15, -0.1) is 0 Å². The largest absolute Gasteiger partial charge is 0.258 e. The van der Waals surface area contributed by atoms with Crippen LogP contribution in [0.5, 0.6) is 0 Å². The second-order valence-electron chi connectivity index (χ2n) is 20.7. The van der Waals surface area contributed by atoms with Gasteiger partial charge >= 0.3 is 0 Å². The minimum atomic E-state index is 1.15. The van der Waals surface area contributed by atoms with E-state index in [0.29, 0.717) is 0 Å². The van der Waals surface area contributed by atoms with Crippen LogP contribution in [0.2, 0.25) is 0 Å². The highest BCUT2D eigenvalue weighted by atomic mass is 14.7. The lowest BCUT2D eigenvalue weighted by atomic mass is 9.89. The summed E-state index contributed by atoms with van der Waals surface area (Å²) < 4.78 is 0. The average molecular weight is 909 g/mol. The van der Waals surface area contributed by atoms with Crippen molar-refractivity contribution >= 4 is 43.5 Å². The van der Waals surface area contributed by atoms with Crippen molar-refractivity contribution in [3.63, 3.8) is 0 Å². The molecule has 4 nitrogen and oxygen atoms in total. The van der Waals surface area contributed by atoms with Gasteiger partial charge in [-0.1, -0.05) is 0 Å². The molecule has 68 heavy (non-hydrogen) atoms. The van der Waals surface area contributed by atoms with Crippen molar-refractivity contribution in [3.05, 3.63) is 156 Å². The maximum absolute atomic E-state index is 4.80. The fourth-order valence-corrected chi connectivity index (χ4v) is 10.6. The number of pyridine rings is 4. The van der Waals surface area contributed by atoms with Crippen LogP contribution in [0.1, 0.15) is 156 Å². The number of nitrogens with zero attached hydrogens (tertiary/aromatic N) is 4. The molecule has 0 spiro atoms. The predicted octanol–water partition coefficient (Wildman–Crippen LogP) is 17.6. The molecule has 8 aromatic rings. The van der Waals surface area contributed by atoms with Crippen LogP contribution in [0.25, 0.3) is 43.5 Å². The third-order valence-electron chi connectivity index (χ3n) is 17.5. The van der Waals surface area contributed by atoms with E-state index in [0.717, 1.165) is 28.5 Å². The molecule has 4 heterocycles. The lowest BCUT2D eigenvalue weighted by molar-refractivity contribution is 1.10.